The highest BCUT2D eigenvalue weighted by Crippen LogP contribution is 2.44. The Balaban J connectivity index is 1.18. The second-order valence-corrected chi connectivity index (χ2v) is 14.0. The maximum atomic E-state index is 6.92. The van der Waals surface area contributed by atoms with Crippen LogP contribution in [-0.2, 0) is 0 Å². The van der Waals surface area contributed by atoms with Crippen molar-refractivity contribution in [2.24, 2.45) is 0 Å². The van der Waals surface area contributed by atoms with Gasteiger partial charge < -0.3 is 8.98 Å². The average Bonchev–Trinajstić information content (AvgIpc) is 3.83. The van der Waals surface area contributed by atoms with Gasteiger partial charge in [0.05, 0.1) is 11.0 Å². The second kappa shape index (κ2) is 13.0. The summed E-state index contributed by atoms with van der Waals surface area (Å²) >= 11 is 0. The van der Waals surface area contributed by atoms with E-state index in [1.165, 1.54) is 16.3 Å². The third-order valence-corrected chi connectivity index (χ3v) is 10.7. The van der Waals surface area contributed by atoms with Crippen LogP contribution in [0.5, 0.6) is 0 Å². The summed E-state index contributed by atoms with van der Waals surface area (Å²) in [5, 5.41) is 4.35. The van der Waals surface area contributed by atoms with Crippen LogP contribution in [0.25, 0.3) is 106 Å². The van der Waals surface area contributed by atoms with E-state index in [2.05, 4.69) is 132 Å². The molecule has 0 unspecified atom stereocenters. The van der Waals surface area contributed by atoms with Crippen molar-refractivity contribution in [2.45, 2.75) is 0 Å². The Kier molecular flexibility index (Phi) is 7.42. The fourth-order valence-corrected chi connectivity index (χ4v) is 8.03. The highest BCUT2D eigenvalue weighted by Gasteiger charge is 2.22. The van der Waals surface area contributed by atoms with Crippen LogP contribution < -0.4 is 0 Å². The van der Waals surface area contributed by atoms with Gasteiger partial charge in [0.25, 0.3) is 0 Å². The summed E-state index contributed by atoms with van der Waals surface area (Å²) in [6.45, 7) is 0. The molecular weight excluding hydrogens is 685 g/mol. The number of rotatable bonds is 6. The molecule has 0 atom stereocenters. The number of fused-ring (bicyclic) bond motifs is 6. The zero-order chi connectivity index (χ0) is 37.0. The van der Waals surface area contributed by atoms with E-state index in [0.717, 1.165) is 72.1 Å². The summed E-state index contributed by atoms with van der Waals surface area (Å²) in [7, 11) is 0. The van der Waals surface area contributed by atoms with E-state index in [4.69, 9.17) is 19.4 Å². The minimum absolute atomic E-state index is 0.587. The standard InChI is InChI=1S/C51H32N4O/c1-5-15-33(16-6-1)36-26-30-46-43(31-36)47-41(51-53-49(34-17-7-2-8-18-34)52-50(54-51)35-19-9-3-10-20-35)28-27-39(48(47)56-46)37-25-29-45-42(32-37)40-23-13-14-24-44(40)55(45)38-21-11-4-12-22-38/h1-32H. The third kappa shape index (κ3) is 5.29. The molecule has 3 aromatic heterocycles. The lowest BCUT2D eigenvalue weighted by Crippen LogP contribution is -2.00. The van der Waals surface area contributed by atoms with Gasteiger partial charge in [0.2, 0.25) is 0 Å². The zero-order valence-corrected chi connectivity index (χ0v) is 30.2. The molecule has 5 heteroatoms. The summed E-state index contributed by atoms with van der Waals surface area (Å²) < 4.78 is 9.26. The van der Waals surface area contributed by atoms with Crippen LogP contribution in [0, 0.1) is 0 Å². The summed E-state index contributed by atoms with van der Waals surface area (Å²) in [6, 6.07) is 67.4. The summed E-state index contributed by atoms with van der Waals surface area (Å²) in [5.74, 6) is 1.82. The summed E-state index contributed by atoms with van der Waals surface area (Å²) in [6.07, 6.45) is 0. The molecule has 8 aromatic carbocycles. The molecule has 0 spiro atoms. The zero-order valence-electron chi connectivity index (χ0n) is 30.2. The van der Waals surface area contributed by atoms with Crippen LogP contribution in [0.1, 0.15) is 0 Å². The lowest BCUT2D eigenvalue weighted by Gasteiger charge is -2.11. The van der Waals surface area contributed by atoms with Gasteiger partial charge >= 0.3 is 0 Å². The molecule has 0 N–H and O–H groups in total. The van der Waals surface area contributed by atoms with Gasteiger partial charge in [-0.3, -0.25) is 0 Å². The van der Waals surface area contributed by atoms with Crippen molar-refractivity contribution in [2.75, 3.05) is 0 Å². The van der Waals surface area contributed by atoms with Crippen LogP contribution in [-0.4, -0.2) is 19.5 Å². The molecule has 0 aliphatic carbocycles. The molecule has 0 aliphatic heterocycles. The molecule has 0 bridgehead atoms. The van der Waals surface area contributed by atoms with Crippen molar-refractivity contribution in [3.8, 4) is 62.1 Å². The van der Waals surface area contributed by atoms with Crippen molar-refractivity contribution in [3.63, 3.8) is 0 Å². The minimum Gasteiger partial charge on any atom is -0.455 e. The van der Waals surface area contributed by atoms with Crippen LogP contribution in [0.3, 0.4) is 0 Å². The largest absolute Gasteiger partial charge is 0.455 e. The maximum Gasteiger partial charge on any atom is 0.164 e. The quantitative estimate of drug-likeness (QED) is 0.172. The van der Waals surface area contributed by atoms with E-state index in [1.54, 1.807) is 0 Å². The first-order valence-electron chi connectivity index (χ1n) is 18.8. The van der Waals surface area contributed by atoms with Gasteiger partial charge in [-0.25, -0.2) is 15.0 Å². The van der Waals surface area contributed by atoms with E-state index in [1.807, 2.05) is 66.7 Å². The van der Waals surface area contributed by atoms with E-state index in [9.17, 15) is 0 Å². The first-order valence-corrected chi connectivity index (χ1v) is 18.8. The molecule has 11 aromatic rings. The van der Waals surface area contributed by atoms with Crippen molar-refractivity contribution in [3.05, 3.63) is 194 Å². The van der Waals surface area contributed by atoms with E-state index >= 15 is 0 Å². The van der Waals surface area contributed by atoms with Crippen LogP contribution in [0.15, 0.2) is 199 Å². The van der Waals surface area contributed by atoms with Gasteiger partial charge in [0.15, 0.2) is 17.5 Å². The highest BCUT2D eigenvalue weighted by atomic mass is 16.3. The van der Waals surface area contributed by atoms with Crippen LogP contribution in [0.4, 0.5) is 0 Å². The molecule has 5 nitrogen and oxygen atoms in total. The Hall–Kier alpha value is -7.63. The molecule has 3 heterocycles. The first kappa shape index (κ1) is 31.9. The molecule has 0 aliphatic rings. The SMILES string of the molecule is c1ccc(-c2ccc3oc4c(-c5ccc6c(c5)c5ccccc5n6-c5ccccc5)ccc(-c5nc(-c6ccccc6)nc(-c6ccccc6)n5)c4c3c2)cc1. The molecule has 0 fully saturated rings. The Bertz CT molecular complexity index is 3170. The van der Waals surface area contributed by atoms with E-state index in [-0.39, 0.29) is 0 Å². The van der Waals surface area contributed by atoms with Gasteiger partial charge in [-0.05, 0) is 71.3 Å². The minimum atomic E-state index is 0.587. The molecule has 262 valence electrons. The number of aromatic nitrogens is 4. The second-order valence-electron chi connectivity index (χ2n) is 14.0. The van der Waals surface area contributed by atoms with Crippen LogP contribution in [0.2, 0.25) is 0 Å². The molecule has 11 rings (SSSR count). The van der Waals surface area contributed by atoms with Gasteiger partial charge in [-0.15, -0.1) is 0 Å². The monoisotopic (exact) mass is 716 g/mol. The Morgan fingerprint density at radius 2 is 0.893 bits per heavy atom. The van der Waals surface area contributed by atoms with Gasteiger partial charge in [0.1, 0.15) is 11.2 Å². The van der Waals surface area contributed by atoms with Crippen molar-refractivity contribution >= 4 is 43.7 Å². The van der Waals surface area contributed by atoms with Gasteiger partial charge in [-0.2, -0.15) is 0 Å². The Labute approximate surface area is 322 Å². The summed E-state index contributed by atoms with van der Waals surface area (Å²) in [5.41, 5.74) is 12.1. The van der Waals surface area contributed by atoms with Crippen molar-refractivity contribution < 1.29 is 4.42 Å². The molecule has 0 saturated heterocycles. The topological polar surface area (TPSA) is 56.7 Å². The molecular formula is C51H32N4O. The Morgan fingerprint density at radius 1 is 0.357 bits per heavy atom. The van der Waals surface area contributed by atoms with Gasteiger partial charge in [-0.1, -0.05) is 140 Å². The normalized spacial score (nSPS) is 11.6. The summed E-state index contributed by atoms with van der Waals surface area (Å²) in [4.78, 5) is 15.3. The number of para-hydroxylation sites is 2. The predicted octanol–water partition coefficient (Wildman–Crippen LogP) is 13.2. The number of hydrogen-bond acceptors (Lipinski definition) is 4. The lowest BCUT2D eigenvalue weighted by atomic mass is 9.95. The molecule has 0 amide bonds. The third-order valence-electron chi connectivity index (χ3n) is 10.7. The fourth-order valence-electron chi connectivity index (χ4n) is 8.03. The van der Waals surface area contributed by atoms with E-state index < -0.39 is 0 Å². The van der Waals surface area contributed by atoms with Crippen LogP contribution >= 0.6 is 0 Å². The average molecular weight is 717 g/mol. The maximum absolute atomic E-state index is 6.92. The van der Waals surface area contributed by atoms with E-state index in [0.29, 0.717) is 17.5 Å². The van der Waals surface area contributed by atoms with Crippen molar-refractivity contribution in [1.29, 1.82) is 0 Å². The predicted molar refractivity (Wildman–Crippen MR) is 229 cm³/mol. The van der Waals surface area contributed by atoms with Gasteiger partial charge in [0, 0.05) is 49.5 Å². The number of nitrogens with zero attached hydrogens (tertiary/aromatic N) is 4. The highest BCUT2D eigenvalue weighted by molar-refractivity contribution is 6.17. The molecule has 0 saturated carbocycles. The number of furan rings is 1. The molecule has 0 radical (unpaired) electrons. The smallest absolute Gasteiger partial charge is 0.164 e. The first-order chi connectivity index (χ1) is 27.8. The Morgan fingerprint density at radius 3 is 1.59 bits per heavy atom. The fraction of sp³-hybridized carbons (Fsp3) is 0. The lowest BCUT2D eigenvalue weighted by molar-refractivity contribution is 0.670. The number of benzene rings is 8. The number of hydrogen-bond donors (Lipinski definition) is 0. The molecule has 56 heavy (non-hydrogen) atoms. The van der Waals surface area contributed by atoms with Crippen molar-refractivity contribution in [1.82, 2.24) is 19.5 Å².